The molecular weight excluding hydrogens is 249 g/mol. The van der Waals surface area contributed by atoms with Crippen molar-refractivity contribution in [2.75, 3.05) is 30.5 Å². The largest absolute Gasteiger partial charge is 0.495 e. The van der Waals surface area contributed by atoms with Crippen molar-refractivity contribution in [3.63, 3.8) is 0 Å². The van der Waals surface area contributed by atoms with E-state index in [1.165, 1.54) is 13.2 Å². The van der Waals surface area contributed by atoms with Crippen LogP contribution in [0.1, 0.15) is 0 Å². The van der Waals surface area contributed by atoms with Crippen molar-refractivity contribution >= 4 is 21.4 Å². The number of primary sulfonamides is 1. The molecule has 0 spiro atoms. The third-order valence-corrected chi connectivity index (χ3v) is 2.79. The molecule has 1 aromatic carbocycles. The second kappa shape index (κ2) is 5.19. The molecule has 0 bridgehead atoms. The van der Waals surface area contributed by atoms with Gasteiger partial charge >= 0.3 is 0 Å². The van der Waals surface area contributed by atoms with E-state index in [0.717, 1.165) is 6.07 Å². The Bertz CT molecular complexity index is 504. The Balaban J connectivity index is 2.77. The fraction of sp³-hybridized carbons (Fsp3) is 0.333. The zero-order valence-corrected chi connectivity index (χ0v) is 10.1. The van der Waals surface area contributed by atoms with Crippen LogP contribution in [0.4, 0.5) is 15.8 Å². The van der Waals surface area contributed by atoms with Gasteiger partial charge in [0.1, 0.15) is 11.6 Å². The summed E-state index contributed by atoms with van der Waals surface area (Å²) in [4.78, 5) is 0. The van der Waals surface area contributed by atoms with E-state index in [0.29, 0.717) is 5.75 Å². The summed E-state index contributed by atoms with van der Waals surface area (Å²) in [5.41, 5.74) is 5.77. The summed E-state index contributed by atoms with van der Waals surface area (Å²) >= 11 is 0. The van der Waals surface area contributed by atoms with Crippen LogP contribution in [0.15, 0.2) is 12.1 Å². The van der Waals surface area contributed by atoms with Crippen molar-refractivity contribution in [3.05, 3.63) is 17.9 Å². The van der Waals surface area contributed by atoms with Gasteiger partial charge in [-0.25, -0.2) is 17.9 Å². The third kappa shape index (κ3) is 4.08. The summed E-state index contributed by atoms with van der Waals surface area (Å²) in [5.74, 6) is -0.568. The van der Waals surface area contributed by atoms with Crippen LogP contribution in [0, 0.1) is 5.82 Å². The summed E-state index contributed by atoms with van der Waals surface area (Å²) in [6.07, 6.45) is 0. The van der Waals surface area contributed by atoms with Gasteiger partial charge in [0.05, 0.1) is 24.2 Å². The van der Waals surface area contributed by atoms with Gasteiger partial charge in [-0.1, -0.05) is 0 Å². The number of anilines is 2. The highest BCUT2D eigenvalue weighted by Gasteiger charge is 2.09. The van der Waals surface area contributed by atoms with E-state index in [9.17, 15) is 12.8 Å². The molecule has 0 aromatic heterocycles. The van der Waals surface area contributed by atoms with Crippen molar-refractivity contribution in [1.29, 1.82) is 0 Å². The van der Waals surface area contributed by atoms with E-state index < -0.39 is 15.8 Å². The van der Waals surface area contributed by atoms with Gasteiger partial charge in [0.25, 0.3) is 0 Å². The van der Waals surface area contributed by atoms with Crippen molar-refractivity contribution in [2.45, 2.75) is 0 Å². The lowest BCUT2D eigenvalue weighted by molar-refractivity contribution is 0.416. The van der Waals surface area contributed by atoms with Gasteiger partial charge in [0, 0.05) is 18.7 Å². The molecule has 17 heavy (non-hydrogen) atoms. The molecule has 0 aliphatic rings. The Kier molecular flexibility index (Phi) is 4.13. The number of nitrogen functional groups attached to an aromatic ring is 1. The highest BCUT2D eigenvalue weighted by molar-refractivity contribution is 7.89. The molecule has 0 saturated heterocycles. The number of hydrogen-bond donors (Lipinski definition) is 3. The van der Waals surface area contributed by atoms with Crippen LogP contribution < -0.4 is 20.9 Å². The molecular formula is C9H14FN3O3S. The van der Waals surface area contributed by atoms with Gasteiger partial charge in [-0.3, -0.25) is 0 Å². The third-order valence-electron chi connectivity index (χ3n) is 2.02. The van der Waals surface area contributed by atoms with E-state index in [1.807, 2.05) is 0 Å². The van der Waals surface area contributed by atoms with Crippen LogP contribution in [0.5, 0.6) is 5.75 Å². The lowest BCUT2D eigenvalue weighted by Crippen LogP contribution is -2.22. The van der Waals surface area contributed by atoms with Crippen molar-refractivity contribution in [2.24, 2.45) is 5.14 Å². The minimum absolute atomic E-state index is 0.00280. The number of sulfonamides is 1. The SMILES string of the molecule is COc1cc(NCCS(N)(=O)=O)c(F)cc1N. The maximum absolute atomic E-state index is 13.4. The number of nitrogens with one attached hydrogen (secondary N) is 1. The van der Waals surface area contributed by atoms with Crippen LogP contribution in [-0.2, 0) is 10.0 Å². The number of rotatable bonds is 5. The highest BCUT2D eigenvalue weighted by atomic mass is 32.2. The zero-order valence-electron chi connectivity index (χ0n) is 9.23. The molecule has 0 radical (unpaired) electrons. The second-order valence-corrected chi connectivity index (χ2v) is 5.10. The van der Waals surface area contributed by atoms with Gasteiger partial charge in [-0.15, -0.1) is 0 Å². The monoisotopic (exact) mass is 263 g/mol. The first-order chi connectivity index (χ1) is 7.83. The molecule has 6 nitrogen and oxygen atoms in total. The maximum atomic E-state index is 13.4. The van der Waals surface area contributed by atoms with Crippen molar-refractivity contribution in [1.82, 2.24) is 0 Å². The van der Waals surface area contributed by atoms with Gasteiger partial charge in [0.15, 0.2) is 0 Å². The van der Waals surface area contributed by atoms with Crippen molar-refractivity contribution < 1.29 is 17.5 Å². The van der Waals surface area contributed by atoms with E-state index in [1.54, 1.807) is 0 Å². The van der Waals surface area contributed by atoms with Crippen LogP contribution in [-0.4, -0.2) is 27.8 Å². The average Bonchev–Trinajstić information content (AvgIpc) is 2.19. The molecule has 0 saturated carbocycles. The quantitative estimate of drug-likeness (QED) is 0.654. The molecule has 8 heteroatoms. The van der Waals surface area contributed by atoms with Crippen LogP contribution in [0.2, 0.25) is 0 Å². The topological polar surface area (TPSA) is 107 Å². The van der Waals surface area contributed by atoms with E-state index in [-0.39, 0.29) is 23.7 Å². The molecule has 0 atom stereocenters. The van der Waals surface area contributed by atoms with Crippen LogP contribution in [0.25, 0.3) is 0 Å². The molecule has 0 fully saturated rings. The number of halogens is 1. The summed E-state index contributed by atoms with van der Waals surface area (Å²) in [7, 11) is -2.17. The summed E-state index contributed by atoms with van der Waals surface area (Å²) < 4.78 is 39.7. The first kappa shape index (κ1) is 13.5. The molecule has 0 aliphatic heterocycles. The second-order valence-electron chi connectivity index (χ2n) is 3.37. The Morgan fingerprint density at radius 2 is 2.12 bits per heavy atom. The van der Waals surface area contributed by atoms with Gasteiger partial charge in [-0.05, 0) is 0 Å². The van der Waals surface area contributed by atoms with E-state index in [4.69, 9.17) is 15.6 Å². The zero-order chi connectivity index (χ0) is 13.1. The Morgan fingerprint density at radius 1 is 1.47 bits per heavy atom. The molecule has 0 heterocycles. The summed E-state index contributed by atoms with van der Waals surface area (Å²) in [6.45, 7) is 0.00280. The molecule has 0 unspecified atom stereocenters. The number of benzene rings is 1. The highest BCUT2D eigenvalue weighted by Crippen LogP contribution is 2.27. The van der Waals surface area contributed by atoms with Gasteiger partial charge in [-0.2, -0.15) is 0 Å². The molecule has 1 aromatic rings. The number of nitrogens with two attached hydrogens (primary N) is 2. The van der Waals surface area contributed by atoms with Crippen LogP contribution >= 0.6 is 0 Å². The Morgan fingerprint density at radius 3 is 2.65 bits per heavy atom. The molecule has 96 valence electrons. The smallest absolute Gasteiger partial charge is 0.210 e. The predicted octanol–water partition coefficient (Wildman–Crippen LogP) is 0.117. The summed E-state index contributed by atoms with van der Waals surface area (Å²) in [5, 5.41) is 7.41. The number of hydrogen-bond acceptors (Lipinski definition) is 5. The predicted molar refractivity (Wildman–Crippen MR) is 63.8 cm³/mol. The van der Waals surface area contributed by atoms with Gasteiger partial charge < -0.3 is 15.8 Å². The summed E-state index contributed by atoms with van der Waals surface area (Å²) in [6, 6.07) is 2.45. The minimum atomic E-state index is -3.57. The molecule has 1 rings (SSSR count). The first-order valence-corrected chi connectivity index (χ1v) is 6.42. The average molecular weight is 263 g/mol. The van der Waals surface area contributed by atoms with Gasteiger partial charge in [0.2, 0.25) is 10.0 Å². The number of ether oxygens (including phenoxy) is 1. The fourth-order valence-electron chi connectivity index (χ4n) is 1.21. The van der Waals surface area contributed by atoms with E-state index in [2.05, 4.69) is 5.32 Å². The first-order valence-electron chi connectivity index (χ1n) is 4.71. The standard InChI is InChI=1S/C9H14FN3O3S/c1-16-9-5-8(6(10)4-7(9)11)13-2-3-17(12,14)15/h4-5,13H,2-3,11H2,1H3,(H2,12,14,15). The fourth-order valence-corrected chi connectivity index (χ4v) is 1.60. The lowest BCUT2D eigenvalue weighted by atomic mass is 10.2. The molecule has 0 aliphatic carbocycles. The molecule has 5 N–H and O–H groups in total. The molecule has 0 amide bonds. The Labute approximate surface area is 98.8 Å². The van der Waals surface area contributed by atoms with Crippen molar-refractivity contribution in [3.8, 4) is 5.75 Å². The maximum Gasteiger partial charge on any atom is 0.210 e. The number of methoxy groups -OCH3 is 1. The lowest BCUT2D eigenvalue weighted by Gasteiger charge is -2.10. The van der Waals surface area contributed by atoms with E-state index >= 15 is 0 Å². The minimum Gasteiger partial charge on any atom is -0.495 e. The normalized spacial score (nSPS) is 11.2. The van der Waals surface area contributed by atoms with Crippen LogP contribution in [0.3, 0.4) is 0 Å². The Hall–Kier alpha value is -1.54.